The molecule has 1 heterocycles. The summed E-state index contributed by atoms with van der Waals surface area (Å²) in [6, 6.07) is 8.55. The number of benzene rings is 1. The Labute approximate surface area is 120 Å². The van der Waals surface area contributed by atoms with Gasteiger partial charge in [0, 0.05) is 19.1 Å². The number of amides is 1. The number of hydrogen-bond donors (Lipinski definition) is 1. The van der Waals surface area contributed by atoms with Crippen LogP contribution in [0.4, 0.5) is 18.0 Å². The molecule has 1 saturated heterocycles. The van der Waals surface area contributed by atoms with Crippen molar-refractivity contribution in [1.29, 1.82) is 0 Å². The minimum atomic E-state index is -4.35. The average molecular weight is 302 g/mol. The third kappa shape index (κ3) is 4.93. The lowest BCUT2D eigenvalue weighted by atomic mass is 10.1. The van der Waals surface area contributed by atoms with Gasteiger partial charge in [0.25, 0.3) is 0 Å². The van der Waals surface area contributed by atoms with E-state index in [1.165, 1.54) is 0 Å². The molecule has 0 radical (unpaired) electrons. The molecule has 0 aromatic heterocycles. The van der Waals surface area contributed by atoms with Crippen LogP contribution in [0.2, 0.25) is 0 Å². The van der Waals surface area contributed by atoms with Gasteiger partial charge in [-0.1, -0.05) is 30.3 Å². The van der Waals surface area contributed by atoms with E-state index >= 15 is 0 Å². The first-order valence-corrected chi connectivity index (χ1v) is 6.74. The number of carbonyl (C=O) groups excluding carboxylic acids is 1. The molecule has 0 aliphatic carbocycles. The van der Waals surface area contributed by atoms with Crippen molar-refractivity contribution in [1.82, 2.24) is 10.2 Å². The molecule has 1 aliphatic rings. The van der Waals surface area contributed by atoms with E-state index in [1.807, 2.05) is 18.2 Å². The monoisotopic (exact) mass is 302 g/mol. The quantitative estimate of drug-likeness (QED) is 0.873. The molecule has 1 N–H and O–H groups in total. The summed E-state index contributed by atoms with van der Waals surface area (Å²) < 4.78 is 42.8. The number of alkyl halides is 3. The van der Waals surface area contributed by atoms with Crippen molar-refractivity contribution in [3.05, 3.63) is 35.9 Å². The van der Waals surface area contributed by atoms with Crippen LogP contribution in [-0.2, 0) is 11.3 Å². The van der Waals surface area contributed by atoms with E-state index in [0.29, 0.717) is 17.7 Å². The smallest absolute Gasteiger partial charge is 0.445 e. The van der Waals surface area contributed by atoms with Gasteiger partial charge in [-0.2, -0.15) is 13.2 Å². The number of nitrogens with zero attached hydrogens (tertiary/aromatic N) is 1. The Kier molecular flexibility index (Phi) is 5.06. The predicted octanol–water partition coefficient (Wildman–Crippen LogP) is 2.90. The third-order valence-corrected chi connectivity index (χ3v) is 3.31. The average Bonchev–Trinajstić information content (AvgIpc) is 2.46. The molecule has 116 valence electrons. The maximum Gasteiger partial charge on any atom is 0.459 e. The number of nitrogens with one attached hydrogen (secondary N) is 1. The van der Waals surface area contributed by atoms with Crippen LogP contribution in [0.1, 0.15) is 18.4 Å². The van der Waals surface area contributed by atoms with Crippen LogP contribution < -0.4 is 5.32 Å². The highest BCUT2D eigenvalue weighted by Gasteiger charge is 2.40. The highest BCUT2D eigenvalue weighted by molar-refractivity contribution is 5.67. The van der Waals surface area contributed by atoms with E-state index in [9.17, 15) is 18.0 Å². The fraction of sp³-hybridized carbons (Fsp3) is 0.500. The number of likely N-dealkylation sites (tertiary alicyclic amines) is 1. The maximum absolute atomic E-state index is 12.6. The molecule has 1 aliphatic heterocycles. The van der Waals surface area contributed by atoms with Crippen LogP contribution >= 0.6 is 0 Å². The fourth-order valence-electron chi connectivity index (χ4n) is 2.26. The number of carbonyl (C=O) groups is 1. The van der Waals surface area contributed by atoms with Gasteiger partial charge in [0.15, 0.2) is 0 Å². The molecule has 1 atom stereocenters. The van der Waals surface area contributed by atoms with Gasteiger partial charge in [0.2, 0.25) is 0 Å². The first kappa shape index (κ1) is 15.6. The van der Waals surface area contributed by atoms with Crippen LogP contribution in [-0.4, -0.2) is 36.4 Å². The maximum atomic E-state index is 12.6. The third-order valence-electron chi connectivity index (χ3n) is 3.31. The molecule has 2 rings (SSSR count). The molecule has 4 nitrogen and oxygen atoms in total. The van der Waals surface area contributed by atoms with E-state index in [0.717, 1.165) is 5.56 Å². The van der Waals surface area contributed by atoms with Crippen LogP contribution in [0.15, 0.2) is 30.3 Å². The van der Waals surface area contributed by atoms with Gasteiger partial charge in [0.05, 0.1) is 0 Å². The Morgan fingerprint density at radius 2 is 2.05 bits per heavy atom. The molecule has 1 aromatic carbocycles. The number of alkyl carbamates (subject to hydrolysis) is 1. The highest BCUT2D eigenvalue weighted by atomic mass is 19.4. The van der Waals surface area contributed by atoms with Crippen LogP contribution in [0, 0.1) is 0 Å². The van der Waals surface area contributed by atoms with Gasteiger partial charge >= 0.3 is 12.4 Å². The normalized spacial score (nSPS) is 20.0. The highest BCUT2D eigenvalue weighted by Crippen LogP contribution is 2.25. The summed E-state index contributed by atoms with van der Waals surface area (Å²) in [4.78, 5) is 12.0. The number of halogens is 3. The van der Waals surface area contributed by atoms with Crippen molar-refractivity contribution in [3.63, 3.8) is 0 Å². The summed E-state index contributed by atoms with van der Waals surface area (Å²) >= 11 is 0. The number of hydrogen-bond acceptors (Lipinski definition) is 3. The Bertz CT molecular complexity index is 465. The lowest BCUT2D eigenvalue weighted by Crippen LogP contribution is -2.52. The van der Waals surface area contributed by atoms with E-state index in [2.05, 4.69) is 5.32 Å². The molecule has 21 heavy (non-hydrogen) atoms. The van der Waals surface area contributed by atoms with E-state index in [1.54, 1.807) is 12.1 Å². The van der Waals surface area contributed by atoms with Gasteiger partial charge in [-0.3, -0.25) is 0 Å². The Balaban J connectivity index is 1.77. The summed E-state index contributed by atoms with van der Waals surface area (Å²) in [7, 11) is 0. The molecule has 0 spiro atoms. The van der Waals surface area contributed by atoms with Gasteiger partial charge in [-0.15, -0.1) is 0 Å². The zero-order valence-electron chi connectivity index (χ0n) is 11.4. The van der Waals surface area contributed by atoms with Crippen LogP contribution in [0.25, 0.3) is 0 Å². The van der Waals surface area contributed by atoms with Gasteiger partial charge in [-0.25, -0.2) is 9.69 Å². The number of rotatable bonds is 3. The Morgan fingerprint density at radius 3 is 2.71 bits per heavy atom. The predicted molar refractivity (Wildman–Crippen MR) is 70.4 cm³/mol. The Hall–Kier alpha value is -1.76. The second kappa shape index (κ2) is 6.80. The summed E-state index contributed by atoms with van der Waals surface area (Å²) in [6.45, 7) is -0.160. The van der Waals surface area contributed by atoms with Crippen molar-refractivity contribution >= 4 is 6.09 Å². The summed E-state index contributed by atoms with van der Waals surface area (Å²) in [5, 5.41) is 2.49. The topological polar surface area (TPSA) is 41.6 Å². The van der Waals surface area contributed by atoms with Crippen molar-refractivity contribution in [3.8, 4) is 0 Å². The number of piperidine rings is 1. The molecule has 1 amide bonds. The first-order valence-electron chi connectivity index (χ1n) is 6.74. The Morgan fingerprint density at radius 1 is 1.33 bits per heavy atom. The van der Waals surface area contributed by atoms with E-state index in [-0.39, 0.29) is 19.7 Å². The van der Waals surface area contributed by atoms with E-state index in [4.69, 9.17) is 4.74 Å². The largest absolute Gasteiger partial charge is 0.459 e. The molecule has 0 saturated carbocycles. The minimum absolute atomic E-state index is 0.0270. The zero-order chi connectivity index (χ0) is 15.3. The molecule has 0 bridgehead atoms. The van der Waals surface area contributed by atoms with Crippen molar-refractivity contribution in [2.75, 3.05) is 13.1 Å². The molecular weight excluding hydrogens is 285 g/mol. The van der Waals surface area contributed by atoms with Crippen LogP contribution in [0.3, 0.4) is 0 Å². The lowest BCUT2D eigenvalue weighted by Gasteiger charge is -2.33. The second-order valence-electron chi connectivity index (χ2n) is 4.96. The standard InChI is InChI=1S/C14H17F3N2O2/c15-14(16,17)19-8-4-7-12(9-19)18-13(20)21-10-11-5-2-1-3-6-11/h1-3,5-6,12H,4,7-10H2,(H,18,20)/t12-/m1/s1. The molecule has 7 heteroatoms. The SMILES string of the molecule is O=C(N[C@@H]1CCCN(C(F)(F)F)C1)OCc1ccccc1. The van der Waals surface area contributed by atoms with E-state index < -0.39 is 18.4 Å². The molecule has 1 fully saturated rings. The fourth-order valence-corrected chi connectivity index (χ4v) is 2.26. The van der Waals surface area contributed by atoms with Crippen LogP contribution in [0.5, 0.6) is 0 Å². The summed E-state index contributed by atoms with van der Waals surface area (Å²) in [5.74, 6) is 0. The first-order chi connectivity index (χ1) is 9.95. The summed E-state index contributed by atoms with van der Waals surface area (Å²) in [6.07, 6.45) is -4.13. The van der Waals surface area contributed by atoms with Gasteiger partial charge in [0.1, 0.15) is 6.61 Å². The minimum Gasteiger partial charge on any atom is -0.445 e. The molecule has 1 aromatic rings. The lowest BCUT2D eigenvalue weighted by molar-refractivity contribution is -0.251. The zero-order valence-corrected chi connectivity index (χ0v) is 11.4. The van der Waals surface area contributed by atoms with Gasteiger partial charge < -0.3 is 10.1 Å². The van der Waals surface area contributed by atoms with Crippen molar-refractivity contribution in [2.45, 2.75) is 31.8 Å². The number of ether oxygens (including phenoxy) is 1. The molecule has 0 unspecified atom stereocenters. The molecular formula is C14H17F3N2O2. The van der Waals surface area contributed by atoms with Gasteiger partial charge in [-0.05, 0) is 18.4 Å². The second-order valence-corrected chi connectivity index (χ2v) is 4.96. The summed E-state index contributed by atoms with van der Waals surface area (Å²) in [5.41, 5.74) is 0.827. The van der Waals surface area contributed by atoms with Crippen molar-refractivity contribution in [2.24, 2.45) is 0 Å². The van der Waals surface area contributed by atoms with Crippen molar-refractivity contribution < 1.29 is 22.7 Å².